The fraction of sp³-hybridized carbons (Fsp3) is 0.280. The maximum Gasteiger partial charge on any atom is 0.348 e. The van der Waals surface area contributed by atoms with Gasteiger partial charge in [-0.05, 0) is 48.1 Å². The minimum Gasteiger partial charge on any atom is -0.497 e. The highest BCUT2D eigenvalue weighted by Gasteiger charge is 2.38. The molecule has 1 aliphatic carbocycles. The Kier molecular flexibility index (Phi) is 6.67. The third-order valence-corrected chi connectivity index (χ3v) is 9.17. The van der Waals surface area contributed by atoms with Crippen molar-refractivity contribution in [2.75, 3.05) is 13.7 Å². The number of carbonyl (C=O) groups excluding carboxylic acids is 2. The molecule has 8 heteroatoms. The van der Waals surface area contributed by atoms with Crippen LogP contribution in [0.4, 0.5) is 0 Å². The van der Waals surface area contributed by atoms with Crippen molar-refractivity contribution < 1.29 is 27.5 Å². The van der Waals surface area contributed by atoms with Crippen molar-refractivity contribution in [2.24, 2.45) is 0 Å². The normalized spacial score (nSPS) is 15.7. The number of Topliss-reactive ketones (excluding diaryl/α,β-unsaturated/α-hetero) is 1. The third-order valence-electron chi connectivity index (χ3n) is 5.67. The maximum atomic E-state index is 13.3. The molecule has 0 N–H and O–H groups in total. The van der Waals surface area contributed by atoms with Gasteiger partial charge in [0, 0.05) is 6.42 Å². The van der Waals surface area contributed by atoms with Crippen LogP contribution in [0.25, 0.3) is 0 Å². The first kappa shape index (κ1) is 23.2. The zero-order valence-electron chi connectivity index (χ0n) is 18.4. The number of hydrogen-bond acceptors (Lipinski definition) is 7. The Balaban J connectivity index is 1.77. The summed E-state index contributed by atoms with van der Waals surface area (Å²) in [4.78, 5) is 26.2. The summed E-state index contributed by atoms with van der Waals surface area (Å²) < 4.78 is 37.0. The van der Waals surface area contributed by atoms with Crippen molar-refractivity contribution in [1.82, 2.24) is 0 Å². The highest BCUT2D eigenvalue weighted by molar-refractivity contribution is 7.92. The Bertz CT molecular complexity index is 1270. The van der Waals surface area contributed by atoms with Crippen molar-refractivity contribution in [3.8, 4) is 5.75 Å². The molecule has 1 atom stereocenters. The molecular weight excluding hydrogens is 460 g/mol. The minimum atomic E-state index is -3.83. The van der Waals surface area contributed by atoms with E-state index in [4.69, 9.17) is 9.47 Å². The Hall–Kier alpha value is -2.97. The summed E-state index contributed by atoms with van der Waals surface area (Å²) in [7, 11) is -2.25. The maximum absolute atomic E-state index is 13.3. The van der Waals surface area contributed by atoms with Gasteiger partial charge < -0.3 is 9.47 Å². The molecule has 6 nitrogen and oxygen atoms in total. The summed E-state index contributed by atoms with van der Waals surface area (Å²) in [5.74, 6) is -0.557. The minimum absolute atomic E-state index is 0.0393. The van der Waals surface area contributed by atoms with Crippen LogP contribution < -0.4 is 4.74 Å². The van der Waals surface area contributed by atoms with Gasteiger partial charge in [-0.15, -0.1) is 11.3 Å². The van der Waals surface area contributed by atoms with Crippen LogP contribution in [0.1, 0.15) is 56.0 Å². The van der Waals surface area contributed by atoms with Crippen molar-refractivity contribution in [3.05, 3.63) is 81.7 Å². The lowest BCUT2D eigenvalue weighted by Gasteiger charge is -2.23. The lowest BCUT2D eigenvalue weighted by molar-refractivity contribution is 0.0530. The molecule has 1 aliphatic rings. The van der Waals surface area contributed by atoms with Crippen LogP contribution in [0.3, 0.4) is 0 Å². The molecule has 1 unspecified atom stereocenters. The smallest absolute Gasteiger partial charge is 0.348 e. The van der Waals surface area contributed by atoms with Crippen molar-refractivity contribution in [2.45, 2.75) is 35.6 Å². The van der Waals surface area contributed by atoms with Crippen LogP contribution >= 0.6 is 11.3 Å². The van der Waals surface area contributed by atoms with Crippen LogP contribution in [0, 0.1) is 0 Å². The molecule has 0 saturated carbocycles. The molecule has 1 heterocycles. The first-order valence-corrected chi connectivity index (χ1v) is 13.1. The van der Waals surface area contributed by atoms with Gasteiger partial charge in [-0.2, -0.15) is 0 Å². The zero-order valence-corrected chi connectivity index (χ0v) is 20.0. The second-order valence-corrected chi connectivity index (χ2v) is 11.0. The van der Waals surface area contributed by atoms with Crippen LogP contribution in [-0.4, -0.2) is 33.9 Å². The molecule has 1 aromatic heterocycles. The summed E-state index contributed by atoms with van der Waals surface area (Å²) >= 11 is 0.853. The Morgan fingerprint density at radius 2 is 1.76 bits per heavy atom. The van der Waals surface area contributed by atoms with Gasteiger partial charge in [0.2, 0.25) is 0 Å². The van der Waals surface area contributed by atoms with Gasteiger partial charge >= 0.3 is 5.97 Å². The average molecular weight is 485 g/mol. The molecule has 33 heavy (non-hydrogen) atoms. The number of fused-ring (bicyclic) bond motifs is 1. The molecule has 2 aromatic carbocycles. The highest BCUT2D eigenvalue weighted by Crippen LogP contribution is 2.43. The first-order valence-electron chi connectivity index (χ1n) is 10.6. The van der Waals surface area contributed by atoms with Crippen LogP contribution in [-0.2, 0) is 26.7 Å². The number of ether oxygens (including phenoxy) is 2. The summed E-state index contributed by atoms with van der Waals surface area (Å²) in [5, 5.41) is 0. The van der Waals surface area contributed by atoms with E-state index in [9.17, 15) is 18.0 Å². The second kappa shape index (κ2) is 9.49. The van der Waals surface area contributed by atoms with E-state index in [1.165, 1.54) is 0 Å². The van der Waals surface area contributed by atoms with E-state index in [1.54, 1.807) is 38.3 Å². The molecule has 0 radical (unpaired) electrons. The van der Waals surface area contributed by atoms with Crippen LogP contribution in [0.15, 0.2) is 58.8 Å². The molecule has 0 fully saturated rings. The fourth-order valence-electron chi connectivity index (χ4n) is 4.11. The van der Waals surface area contributed by atoms with E-state index in [2.05, 4.69) is 0 Å². The number of carbonyl (C=O) groups is 2. The van der Waals surface area contributed by atoms with E-state index in [-0.39, 0.29) is 45.1 Å². The summed E-state index contributed by atoms with van der Waals surface area (Å²) in [6.07, 6.45) is 0.561. The molecular formula is C25H24O6S2. The van der Waals surface area contributed by atoms with Crippen LogP contribution in [0.2, 0.25) is 0 Å². The fourth-order valence-corrected chi connectivity index (χ4v) is 7.34. The van der Waals surface area contributed by atoms with Crippen LogP contribution in [0.5, 0.6) is 5.75 Å². The molecule has 0 aliphatic heterocycles. The monoisotopic (exact) mass is 484 g/mol. The molecule has 4 rings (SSSR count). The standard InChI is InChI=1S/C25H24O6S2/c1-3-31-24(27)23-20-13-18(17-9-11-19(30-2)12-10-17)14-21(26)22(20)25(32-23)33(28,29)15-16-7-5-4-6-8-16/h4-12,18H,3,13-15H2,1-2H3. The van der Waals surface area contributed by atoms with Gasteiger partial charge in [-0.1, -0.05) is 42.5 Å². The number of esters is 1. The van der Waals surface area contributed by atoms with Gasteiger partial charge in [0.15, 0.2) is 15.6 Å². The number of benzene rings is 2. The highest BCUT2D eigenvalue weighted by atomic mass is 32.2. The van der Waals surface area contributed by atoms with Crippen molar-refractivity contribution in [1.29, 1.82) is 0 Å². The number of methoxy groups -OCH3 is 1. The number of sulfone groups is 1. The predicted molar refractivity (Wildman–Crippen MR) is 126 cm³/mol. The largest absolute Gasteiger partial charge is 0.497 e. The Morgan fingerprint density at radius 1 is 1.06 bits per heavy atom. The molecule has 0 saturated heterocycles. The first-order chi connectivity index (χ1) is 15.8. The molecule has 0 spiro atoms. The molecule has 3 aromatic rings. The zero-order chi connectivity index (χ0) is 23.6. The van der Waals surface area contributed by atoms with Gasteiger partial charge in [0.05, 0.1) is 25.0 Å². The SMILES string of the molecule is CCOC(=O)c1sc(S(=O)(=O)Cc2ccccc2)c2c1CC(c1ccc(OC)cc1)CC2=O. The number of ketones is 1. The Morgan fingerprint density at radius 3 is 2.39 bits per heavy atom. The van der Waals surface area contributed by atoms with Crippen molar-refractivity contribution >= 4 is 32.9 Å². The molecule has 172 valence electrons. The van der Waals surface area contributed by atoms with E-state index in [0.29, 0.717) is 23.3 Å². The summed E-state index contributed by atoms with van der Waals surface area (Å²) in [6.45, 7) is 1.85. The predicted octanol–water partition coefficient (Wildman–Crippen LogP) is 4.82. The van der Waals surface area contributed by atoms with E-state index in [1.807, 2.05) is 30.3 Å². The van der Waals surface area contributed by atoms with Crippen molar-refractivity contribution in [3.63, 3.8) is 0 Å². The second-order valence-electron chi connectivity index (χ2n) is 7.84. The Labute approximate surface area is 197 Å². The molecule has 0 bridgehead atoms. The lowest BCUT2D eigenvalue weighted by Crippen LogP contribution is -2.21. The summed E-state index contributed by atoms with van der Waals surface area (Å²) in [6, 6.07) is 16.2. The third kappa shape index (κ3) is 4.72. The van der Waals surface area contributed by atoms with E-state index >= 15 is 0 Å². The number of thiophene rings is 1. The average Bonchev–Trinajstić information content (AvgIpc) is 3.21. The van der Waals surface area contributed by atoms with E-state index < -0.39 is 15.8 Å². The summed E-state index contributed by atoms with van der Waals surface area (Å²) in [5.41, 5.74) is 2.19. The van der Waals surface area contributed by atoms with Gasteiger partial charge in [-0.3, -0.25) is 4.79 Å². The van der Waals surface area contributed by atoms with Gasteiger partial charge in [-0.25, -0.2) is 13.2 Å². The van der Waals surface area contributed by atoms with Gasteiger partial charge in [0.1, 0.15) is 14.8 Å². The topological polar surface area (TPSA) is 86.7 Å². The number of rotatable bonds is 7. The number of hydrogen-bond donors (Lipinski definition) is 0. The van der Waals surface area contributed by atoms with Gasteiger partial charge in [0.25, 0.3) is 0 Å². The lowest BCUT2D eigenvalue weighted by atomic mass is 9.80. The molecule has 0 amide bonds. The van der Waals surface area contributed by atoms with E-state index in [0.717, 1.165) is 16.9 Å². The quantitative estimate of drug-likeness (QED) is 0.447.